The first kappa shape index (κ1) is 22.1. The van der Waals surface area contributed by atoms with E-state index in [1.54, 1.807) is 13.0 Å². The zero-order chi connectivity index (χ0) is 18.2. The lowest BCUT2D eigenvalue weighted by atomic mass is 10.2. The quantitative estimate of drug-likeness (QED) is 0.280. The SMILES string of the molecule is C=CCOC(=O)/C=C/[C@H](O[Si](C(C)C)(C(C)C)C(C)C)[C@@H](C)O. The van der Waals surface area contributed by atoms with E-state index in [2.05, 4.69) is 48.1 Å². The van der Waals surface area contributed by atoms with Gasteiger partial charge in [-0.15, -0.1) is 0 Å². The third kappa shape index (κ3) is 6.24. The highest BCUT2D eigenvalue weighted by Crippen LogP contribution is 2.43. The molecule has 0 bridgehead atoms. The first-order valence-corrected chi connectivity index (χ1v) is 10.5. The van der Waals surface area contributed by atoms with Crippen LogP contribution in [0.4, 0.5) is 0 Å². The first-order valence-electron chi connectivity index (χ1n) is 8.41. The maximum absolute atomic E-state index is 11.6. The van der Waals surface area contributed by atoms with Crippen LogP contribution < -0.4 is 0 Å². The number of aliphatic hydroxyl groups is 1. The lowest BCUT2D eigenvalue weighted by Crippen LogP contribution is -2.51. The van der Waals surface area contributed by atoms with Crippen molar-refractivity contribution in [3.05, 3.63) is 24.8 Å². The topological polar surface area (TPSA) is 55.8 Å². The Kier molecular flexibility index (Phi) is 9.66. The number of hydrogen-bond acceptors (Lipinski definition) is 4. The molecule has 5 heteroatoms. The second-order valence-corrected chi connectivity index (χ2v) is 12.3. The zero-order valence-electron chi connectivity index (χ0n) is 15.7. The molecule has 0 aliphatic heterocycles. The van der Waals surface area contributed by atoms with Crippen molar-refractivity contribution in [2.24, 2.45) is 0 Å². The number of esters is 1. The summed E-state index contributed by atoms with van der Waals surface area (Å²) in [5, 5.41) is 10.1. The van der Waals surface area contributed by atoms with Crippen molar-refractivity contribution < 1.29 is 19.1 Å². The summed E-state index contributed by atoms with van der Waals surface area (Å²) in [7, 11) is -2.13. The van der Waals surface area contributed by atoms with Crippen LogP contribution >= 0.6 is 0 Å². The number of rotatable bonds is 10. The van der Waals surface area contributed by atoms with Gasteiger partial charge in [-0.2, -0.15) is 0 Å². The summed E-state index contributed by atoms with van der Waals surface area (Å²) in [6, 6.07) is 0. The second-order valence-electron chi connectivity index (χ2n) is 6.92. The highest BCUT2D eigenvalue weighted by atomic mass is 28.4. The Morgan fingerprint density at radius 1 is 1.09 bits per heavy atom. The van der Waals surface area contributed by atoms with E-state index in [0.717, 1.165) is 0 Å². The van der Waals surface area contributed by atoms with Gasteiger partial charge >= 0.3 is 5.97 Å². The van der Waals surface area contributed by atoms with Crippen molar-refractivity contribution in [2.75, 3.05) is 6.61 Å². The molecule has 0 saturated heterocycles. The van der Waals surface area contributed by atoms with E-state index in [4.69, 9.17) is 9.16 Å². The Balaban J connectivity index is 5.33. The number of carbonyl (C=O) groups excluding carboxylic acids is 1. The molecule has 0 rings (SSSR count). The maximum atomic E-state index is 11.6. The molecule has 134 valence electrons. The molecule has 0 amide bonds. The van der Waals surface area contributed by atoms with E-state index in [0.29, 0.717) is 16.6 Å². The molecular weight excluding hydrogens is 308 g/mol. The van der Waals surface area contributed by atoms with Crippen molar-refractivity contribution in [3.8, 4) is 0 Å². The average molecular weight is 343 g/mol. The average Bonchev–Trinajstić information content (AvgIpc) is 2.43. The van der Waals surface area contributed by atoms with Gasteiger partial charge in [-0.25, -0.2) is 4.79 Å². The van der Waals surface area contributed by atoms with E-state index in [1.807, 2.05) is 0 Å². The molecule has 0 spiro atoms. The third-order valence-electron chi connectivity index (χ3n) is 4.29. The van der Waals surface area contributed by atoms with Crippen LogP contribution in [0.25, 0.3) is 0 Å². The van der Waals surface area contributed by atoms with Gasteiger partial charge in [0.25, 0.3) is 0 Å². The molecule has 0 unspecified atom stereocenters. The van der Waals surface area contributed by atoms with E-state index >= 15 is 0 Å². The van der Waals surface area contributed by atoms with Gasteiger partial charge in [-0.05, 0) is 29.6 Å². The van der Waals surface area contributed by atoms with Crippen LogP contribution in [0, 0.1) is 0 Å². The number of aliphatic hydroxyl groups excluding tert-OH is 1. The highest BCUT2D eigenvalue weighted by molar-refractivity contribution is 6.77. The molecule has 23 heavy (non-hydrogen) atoms. The largest absolute Gasteiger partial charge is 0.458 e. The molecule has 1 N–H and O–H groups in total. The molecule has 0 aliphatic rings. The van der Waals surface area contributed by atoms with Gasteiger partial charge in [0.15, 0.2) is 0 Å². The minimum atomic E-state index is -2.13. The van der Waals surface area contributed by atoms with Gasteiger partial charge in [0, 0.05) is 6.08 Å². The van der Waals surface area contributed by atoms with E-state index in [9.17, 15) is 9.90 Å². The Labute approximate surface area is 142 Å². The molecule has 2 atom stereocenters. The van der Waals surface area contributed by atoms with Gasteiger partial charge in [-0.3, -0.25) is 0 Å². The van der Waals surface area contributed by atoms with E-state index in [1.165, 1.54) is 12.2 Å². The van der Waals surface area contributed by atoms with Crippen LogP contribution in [-0.2, 0) is 14.0 Å². The lowest BCUT2D eigenvalue weighted by molar-refractivity contribution is -0.136. The van der Waals surface area contributed by atoms with Crippen molar-refractivity contribution in [1.29, 1.82) is 0 Å². The second kappa shape index (κ2) is 10.1. The van der Waals surface area contributed by atoms with Gasteiger partial charge in [0.2, 0.25) is 8.32 Å². The fourth-order valence-electron chi connectivity index (χ4n) is 3.31. The molecule has 0 saturated carbocycles. The minimum Gasteiger partial charge on any atom is -0.458 e. The molecule has 4 nitrogen and oxygen atoms in total. The number of carbonyl (C=O) groups is 1. The summed E-state index contributed by atoms with van der Waals surface area (Å²) < 4.78 is 11.4. The van der Waals surface area contributed by atoms with Crippen molar-refractivity contribution in [2.45, 2.75) is 77.3 Å². The van der Waals surface area contributed by atoms with Crippen LogP contribution in [0.5, 0.6) is 0 Å². The maximum Gasteiger partial charge on any atom is 0.330 e. The fourth-order valence-corrected chi connectivity index (χ4v) is 8.87. The van der Waals surface area contributed by atoms with E-state index in [-0.39, 0.29) is 6.61 Å². The number of ether oxygens (including phenoxy) is 1. The van der Waals surface area contributed by atoms with Crippen molar-refractivity contribution in [1.82, 2.24) is 0 Å². The Bertz CT molecular complexity index is 378. The molecule has 0 aromatic heterocycles. The standard InChI is InChI=1S/C18H34O4Si/c1-9-12-21-18(20)11-10-17(16(8)19)22-23(13(2)3,14(4)5)15(6)7/h9-11,13-17,19H,1,12H2,2-8H3/b11-10+/t16-,17+/m1/s1. The van der Waals surface area contributed by atoms with Gasteiger partial charge in [0.1, 0.15) is 6.61 Å². The summed E-state index contributed by atoms with van der Waals surface area (Å²) in [6.07, 6.45) is 3.26. The molecule has 0 radical (unpaired) electrons. The summed E-state index contributed by atoms with van der Waals surface area (Å²) in [5.41, 5.74) is 1.22. The summed E-state index contributed by atoms with van der Waals surface area (Å²) in [5.74, 6) is -0.454. The molecule has 0 aromatic rings. The van der Waals surface area contributed by atoms with Crippen LogP contribution in [0.1, 0.15) is 48.5 Å². The van der Waals surface area contributed by atoms with E-state index < -0.39 is 26.5 Å². The summed E-state index contributed by atoms with van der Waals surface area (Å²) in [6.45, 7) is 18.5. The van der Waals surface area contributed by atoms with Gasteiger partial charge in [0.05, 0.1) is 12.2 Å². The molecular formula is C18H34O4Si. The van der Waals surface area contributed by atoms with Crippen molar-refractivity contribution in [3.63, 3.8) is 0 Å². The van der Waals surface area contributed by atoms with Crippen LogP contribution in [0.3, 0.4) is 0 Å². The third-order valence-corrected chi connectivity index (χ3v) is 10.4. The van der Waals surface area contributed by atoms with Gasteiger partial charge in [-0.1, -0.05) is 54.2 Å². The fraction of sp³-hybridized carbons (Fsp3) is 0.722. The Morgan fingerprint density at radius 2 is 1.57 bits per heavy atom. The van der Waals surface area contributed by atoms with Gasteiger partial charge < -0.3 is 14.3 Å². The molecule has 0 aliphatic carbocycles. The van der Waals surface area contributed by atoms with Crippen LogP contribution in [0.15, 0.2) is 24.8 Å². The molecule has 0 fully saturated rings. The highest BCUT2D eigenvalue weighted by Gasteiger charge is 2.46. The van der Waals surface area contributed by atoms with Crippen LogP contribution in [0.2, 0.25) is 16.6 Å². The minimum absolute atomic E-state index is 0.173. The Morgan fingerprint density at radius 3 is 1.91 bits per heavy atom. The molecule has 0 heterocycles. The predicted molar refractivity (Wildman–Crippen MR) is 97.9 cm³/mol. The zero-order valence-corrected chi connectivity index (χ0v) is 16.7. The smallest absolute Gasteiger partial charge is 0.330 e. The van der Waals surface area contributed by atoms with Crippen LogP contribution in [-0.4, -0.2) is 38.2 Å². The lowest BCUT2D eigenvalue weighted by Gasteiger charge is -2.44. The monoisotopic (exact) mass is 342 g/mol. The first-order chi connectivity index (χ1) is 10.6. The summed E-state index contributed by atoms with van der Waals surface area (Å²) >= 11 is 0. The molecule has 0 aromatic carbocycles. The summed E-state index contributed by atoms with van der Waals surface area (Å²) in [4.78, 5) is 11.6. The Hall–Kier alpha value is -0.913. The van der Waals surface area contributed by atoms with Crippen molar-refractivity contribution >= 4 is 14.3 Å². The predicted octanol–water partition coefficient (Wildman–Crippen LogP) is 4.21. The number of hydrogen-bond donors (Lipinski definition) is 1. The normalized spacial score (nSPS) is 15.4.